The van der Waals surface area contributed by atoms with Crippen LogP contribution in [-0.4, -0.2) is 32.9 Å². The third-order valence-corrected chi connectivity index (χ3v) is 3.64. The number of nitrogens with zero attached hydrogens (tertiary/aromatic N) is 4. The molecule has 8 heteroatoms. The van der Waals surface area contributed by atoms with Crippen LogP contribution < -0.4 is 0 Å². The molecule has 1 N–H and O–H groups in total. The van der Waals surface area contributed by atoms with Gasteiger partial charge in [-0.25, -0.2) is 15.0 Å². The molecule has 0 saturated heterocycles. The molecule has 0 saturated carbocycles. The monoisotopic (exact) mass is 368 g/mol. The van der Waals surface area contributed by atoms with Crippen molar-refractivity contribution in [2.24, 2.45) is 0 Å². The van der Waals surface area contributed by atoms with Crippen LogP contribution in [0, 0.1) is 0 Å². The van der Waals surface area contributed by atoms with E-state index in [4.69, 9.17) is 4.55 Å². The molecule has 26 heavy (non-hydrogen) atoms. The van der Waals surface area contributed by atoms with Crippen LogP contribution in [0.3, 0.4) is 0 Å². The van der Waals surface area contributed by atoms with E-state index in [0.29, 0.717) is 5.52 Å². The summed E-state index contributed by atoms with van der Waals surface area (Å²) in [5, 5.41) is 0.510. The Kier molecular flexibility index (Phi) is 7.29. The zero-order chi connectivity index (χ0) is 18.7. The van der Waals surface area contributed by atoms with Crippen molar-refractivity contribution in [1.29, 1.82) is 0 Å². The predicted octanol–water partition coefficient (Wildman–Crippen LogP) is 3.04. The SMILES string of the molecule is O=S(=O)(O)c1ccc2ccccc2n1.c1ccncc1.c1cncnc1. The molecule has 0 bridgehead atoms. The smallest absolute Gasteiger partial charge is 0.281 e. The Morgan fingerprint density at radius 3 is 1.81 bits per heavy atom. The van der Waals surface area contributed by atoms with Crippen molar-refractivity contribution in [2.75, 3.05) is 0 Å². The first-order valence-electron chi connectivity index (χ1n) is 7.45. The number of pyridine rings is 2. The van der Waals surface area contributed by atoms with Gasteiger partial charge >= 0.3 is 10.1 Å². The van der Waals surface area contributed by atoms with Gasteiger partial charge in [-0.1, -0.05) is 24.3 Å². The van der Waals surface area contributed by atoms with E-state index in [9.17, 15) is 8.42 Å². The normalized spacial score (nSPS) is 10.0. The predicted molar refractivity (Wildman–Crippen MR) is 97.8 cm³/mol. The molecule has 4 rings (SSSR count). The molecule has 132 valence electrons. The van der Waals surface area contributed by atoms with Gasteiger partial charge in [-0.15, -0.1) is 0 Å². The highest BCUT2D eigenvalue weighted by Gasteiger charge is 2.10. The van der Waals surface area contributed by atoms with E-state index in [1.54, 1.807) is 49.1 Å². The van der Waals surface area contributed by atoms with E-state index in [-0.39, 0.29) is 5.03 Å². The lowest BCUT2D eigenvalue weighted by atomic mass is 10.2. The van der Waals surface area contributed by atoms with E-state index < -0.39 is 10.1 Å². The van der Waals surface area contributed by atoms with Gasteiger partial charge in [0.25, 0.3) is 0 Å². The van der Waals surface area contributed by atoms with Gasteiger partial charge < -0.3 is 0 Å². The minimum absolute atomic E-state index is 0.323. The Labute approximate surface area is 151 Å². The first-order valence-corrected chi connectivity index (χ1v) is 8.89. The van der Waals surface area contributed by atoms with Crippen molar-refractivity contribution < 1.29 is 13.0 Å². The van der Waals surface area contributed by atoms with Gasteiger partial charge in [0.2, 0.25) is 0 Å². The summed E-state index contributed by atoms with van der Waals surface area (Å²) in [6.07, 6.45) is 8.38. The summed E-state index contributed by atoms with van der Waals surface area (Å²) >= 11 is 0. The van der Waals surface area contributed by atoms with Crippen LogP contribution in [0.25, 0.3) is 10.9 Å². The fraction of sp³-hybridized carbons (Fsp3) is 0. The molecule has 4 aromatic rings. The third-order valence-electron chi connectivity index (χ3n) is 2.88. The summed E-state index contributed by atoms with van der Waals surface area (Å²) in [6.45, 7) is 0. The molecule has 1 aromatic carbocycles. The number of hydrogen-bond donors (Lipinski definition) is 1. The topological polar surface area (TPSA) is 106 Å². The van der Waals surface area contributed by atoms with E-state index in [2.05, 4.69) is 19.9 Å². The minimum Gasteiger partial charge on any atom is -0.281 e. The van der Waals surface area contributed by atoms with E-state index in [1.807, 2.05) is 30.3 Å². The summed E-state index contributed by atoms with van der Waals surface area (Å²) in [4.78, 5) is 14.9. The number of fused-ring (bicyclic) bond motifs is 1. The van der Waals surface area contributed by atoms with Crippen molar-refractivity contribution >= 4 is 21.0 Å². The quantitative estimate of drug-likeness (QED) is 0.515. The highest BCUT2D eigenvalue weighted by molar-refractivity contribution is 7.85. The summed E-state index contributed by atoms with van der Waals surface area (Å²) in [5.74, 6) is 0. The van der Waals surface area contributed by atoms with Crippen LogP contribution in [0.4, 0.5) is 0 Å². The van der Waals surface area contributed by atoms with Crippen LogP contribution >= 0.6 is 0 Å². The molecule has 0 fully saturated rings. The lowest BCUT2D eigenvalue weighted by Crippen LogP contribution is -2.00. The second-order valence-electron chi connectivity index (χ2n) is 4.75. The van der Waals surface area contributed by atoms with E-state index in [1.165, 1.54) is 12.4 Å². The van der Waals surface area contributed by atoms with Gasteiger partial charge in [0, 0.05) is 30.2 Å². The van der Waals surface area contributed by atoms with Crippen LogP contribution in [-0.2, 0) is 10.1 Å². The van der Waals surface area contributed by atoms with Crippen LogP contribution in [0.15, 0.2) is 96.8 Å². The van der Waals surface area contributed by atoms with Crippen molar-refractivity contribution in [3.8, 4) is 0 Å². The zero-order valence-corrected chi connectivity index (χ0v) is 14.4. The molecule has 0 spiro atoms. The van der Waals surface area contributed by atoms with Gasteiger partial charge in [-0.2, -0.15) is 8.42 Å². The maximum Gasteiger partial charge on any atom is 0.312 e. The Hall–Kier alpha value is -3.23. The highest BCUT2D eigenvalue weighted by Crippen LogP contribution is 2.14. The largest absolute Gasteiger partial charge is 0.312 e. The van der Waals surface area contributed by atoms with E-state index >= 15 is 0 Å². The van der Waals surface area contributed by atoms with Crippen molar-refractivity contribution in [3.63, 3.8) is 0 Å². The molecule has 3 aromatic heterocycles. The Bertz CT molecular complexity index is 929. The number of hydrogen-bond acceptors (Lipinski definition) is 6. The van der Waals surface area contributed by atoms with E-state index in [0.717, 1.165) is 5.39 Å². The minimum atomic E-state index is -4.21. The lowest BCUT2D eigenvalue weighted by Gasteiger charge is -1.98. The molecule has 0 unspecified atom stereocenters. The van der Waals surface area contributed by atoms with Crippen molar-refractivity contribution in [3.05, 3.63) is 91.8 Å². The Morgan fingerprint density at radius 1 is 0.692 bits per heavy atom. The number of para-hydroxylation sites is 1. The highest BCUT2D eigenvalue weighted by atomic mass is 32.2. The summed E-state index contributed by atoms with van der Waals surface area (Å²) in [5.41, 5.74) is 0.544. The molecule has 0 radical (unpaired) electrons. The van der Waals surface area contributed by atoms with Crippen LogP contribution in [0.5, 0.6) is 0 Å². The molecule has 0 aliphatic rings. The van der Waals surface area contributed by atoms with Crippen LogP contribution in [0.2, 0.25) is 0 Å². The summed E-state index contributed by atoms with van der Waals surface area (Å²) in [6, 6.07) is 17.5. The molecule has 7 nitrogen and oxygen atoms in total. The molecule has 3 heterocycles. The maximum atomic E-state index is 10.8. The van der Waals surface area contributed by atoms with Crippen molar-refractivity contribution in [2.45, 2.75) is 5.03 Å². The first kappa shape index (κ1) is 19.1. The summed E-state index contributed by atoms with van der Waals surface area (Å²) < 4.78 is 30.3. The lowest BCUT2D eigenvalue weighted by molar-refractivity contribution is 0.479. The van der Waals surface area contributed by atoms with Gasteiger partial charge in [0.1, 0.15) is 6.33 Å². The van der Waals surface area contributed by atoms with Gasteiger partial charge in [0.05, 0.1) is 5.52 Å². The number of aromatic nitrogens is 4. The molecule has 0 amide bonds. The Balaban J connectivity index is 0.000000166. The summed E-state index contributed by atoms with van der Waals surface area (Å²) in [7, 11) is -4.21. The average molecular weight is 368 g/mol. The fourth-order valence-electron chi connectivity index (χ4n) is 1.76. The van der Waals surface area contributed by atoms with Gasteiger partial charge in [0.15, 0.2) is 5.03 Å². The van der Waals surface area contributed by atoms with Gasteiger partial charge in [-0.3, -0.25) is 9.54 Å². The molecule has 0 atom stereocenters. The van der Waals surface area contributed by atoms with Gasteiger partial charge in [-0.05, 0) is 36.4 Å². The standard InChI is InChI=1S/C9H7NO3S.C5H5N.C4H4N2/c11-14(12,13)9-6-5-7-3-1-2-4-8(7)10-9;1-2-4-6-5-3-1;1-2-5-4-6-3-1/h1-6H,(H,11,12,13);1-5H;1-4H. The molecule has 0 aliphatic heterocycles. The van der Waals surface area contributed by atoms with Crippen LogP contribution in [0.1, 0.15) is 0 Å². The Morgan fingerprint density at radius 2 is 1.35 bits per heavy atom. The maximum absolute atomic E-state index is 10.8. The zero-order valence-electron chi connectivity index (χ0n) is 13.6. The molecular weight excluding hydrogens is 352 g/mol. The first-order chi connectivity index (χ1) is 12.6. The number of benzene rings is 1. The second kappa shape index (κ2) is 9.92. The fourth-order valence-corrected chi connectivity index (χ4v) is 2.21. The molecule has 0 aliphatic carbocycles. The molecular formula is C18H16N4O3S. The average Bonchev–Trinajstić information content (AvgIpc) is 2.70. The third kappa shape index (κ3) is 6.71. The van der Waals surface area contributed by atoms with Crippen molar-refractivity contribution in [1.82, 2.24) is 19.9 Å². The second-order valence-corrected chi connectivity index (χ2v) is 6.11. The number of rotatable bonds is 1.